The highest BCUT2D eigenvalue weighted by atomic mass is 35.5. The Kier molecular flexibility index (Phi) is 8.08. The predicted molar refractivity (Wildman–Crippen MR) is 115 cm³/mol. The molecule has 0 saturated carbocycles. The highest BCUT2D eigenvalue weighted by Crippen LogP contribution is 2.30. The first kappa shape index (κ1) is 22.0. The van der Waals surface area contributed by atoms with Crippen LogP contribution in [0, 0.1) is 0 Å². The summed E-state index contributed by atoms with van der Waals surface area (Å²) >= 11 is 6.15. The average molecular weight is 423 g/mol. The SMILES string of the molecule is CCCC(=O)N1CCN(c2ccc(Cl)cc2NC(=O)c2cccnc2)CC1.Cl. The van der Waals surface area contributed by atoms with Crippen molar-refractivity contribution >= 4 is 47.2 Å². The Morgan fingerprint density at radius 3 is 2.57 bits per heavy atom. The van der Waals surface area contributed by atoms with Gasteiger partial charge in [0.05, 0.1) is 16.9 Å². The predicted octanol–water partition coefficient (Wildman–Crippen LogP) is 3.86. The lowest BCUT2D eigenvalue weighted by Crippen LogP contribution is -2.48. The summed E-state index contributed by atoms with van der Waals surface area (Å²) < 4.78 is 0. The van der Waals surface area contributed by atoms with E-state index in [-0.39, 0.29) is 24.2 Å². The number of nitrogens with one attached hydrogen (secondary N) is 1. The minimum atomic E-state index is -0.233. The van der Waals surface area contributed by atoms with Gasteiger partial charge in [-0.25, -0.2) is 0 Å². The van der Waals surface area contributed by atoms with E-state index in [4.69, 9.17) is 11.6 Å². The zero-order valence-electron chi connectivity index (χ0n) is 15.7. The third kappa shape index (κ3) is 5.36. The molecule has 1 aliphatic heterocycles. The number of halogens is 2. The molecule has 0 bridgehead atoms. The molecule has 1 aliphatic rings. The molecule has 0 spiro atoms. The Balaban J connectivity index is 0.00000280. The van der Waals surface area contributed by atoms with Crippen LogP contribution in [0.3, 0.4) is 0 Å². The van der Waals surface area contributed by atoms with Gasteiger partial charge in [0.15, 0.2) is 0 Å². The van der Waals surface area contributed by atoms with E-state index >= 15 is 0 Å². The van der Waals surface area contributed by atoms with Crippen molar-refractivity contribution < 1.29 is 9.59 Å². The smallest absolute Gasteiger partial charge is 0.257 e. The van der Waals surface area contributed by atoms with Gasteiger partial charge in [-0.2, -0.15) is 0 Å². The normalized spacial score (nSPS) is 13.6. The van der Waals surface area contributed by atoms with Gasteiger partial charge < -0.3 is 15.1 Å². The third-order valence-corrected chi connectivity index (χ3v) is 4.80. The van der Waals surface area contributed by atoms with Crippen molar-refractivity contribution in [3.05, 3.63) is 53.3 Å². The molecule has 28 heavy (non-hydrogen) atoms. The Morgan fingerprint density at radius 1 is 1.18 bits per heavy atom. The number of rotatable bonds is 5. The van der Waals surface area contributed by atoms with Crippen LogP contribution in [0.15, 0.2) is 42.7 Å². The summed E-state index contributed by atoms with van der Waals surface area (Å²) in [5, 5.41) is 3.49. The fourth-order valence-electron chi connectivity index (χ4n) is 3.14. The van der Waals surface area contributed by atoms with Crippen LogP contribution in [-0.2, 0) is 4.79 Å². The monoisotopic (exact) mass is 422 g/mol. The number of hydrogen-bond donors (Lipinski definition) is 1. The van der Waals surface area contributed by atoms with E-state index in [0.29, 0.717) is 48.9 Å². The van der Waals surface area contributed by atoms with Crippen LogP contribution < -0.4 is 10.2 Å². The van der Waals surface area contributed by atoms with Gasteiger partial charge in [0, 0.05) is 50.0 Å². The maximum absolute atomic E-state index is 12.5. The van der Waals surface area contributed by atoms with Gasteiger partial charge in [-0.05, 0) is 36.8 Å². The van der Waals surface area contributed by atoms with Crippen molar-refractivity contribution in [3.8, 4) is 0 Å². The summed E-state index contributed by atoms with van der Waals surface area (Å²) in [6.45, 7) is 4.80. The summed E-state index contributed by atoms with van der Waals surface area (Å²) in [5.74, 6) is -0.0262. The van der Waals surface area contributed by atoms with E-state index in [2.05, 4.69) is 15.2 Å². The summed E-state index contributed by atoms with van der Waals surface area (Å²) in [7, 11) is 0. The fraction of sp³-hybridized carbons (Fsp3) is 0.350. The summed E-state index contributed by atoms with van der Waals surface area (Å²) in [6.07, 6.45) is 4.60. The minimum absolute atomic E-state index is 0. The molecule has 1 N–H and O–H groups in total. The Morgan fingerprint density at radius 2 is 1.93 bits per heavy atom. The van der Waals surface area contributed by atoms with Crippen LogP contribution in [0.4, 0.5) is 11.4 Å². The third-order valence-electron chi connectivity index (χ3n) is 4.57. The number of nitrogens with zero attached hydrogens (tertiary/aromatic N) is 3. The van der Waals surface area contributed by atoms with Crippen LogP contribution in [0.25, 0.3) is 0 Å². The summed E-state index contributed by atoms with van der Waals surface area (Å²) in [5.41, 5.74) is 2.04. The molecule has 1 fully saturated rings. The Hall–Kier alpha value is -2.31. The van der Waals surface area contributed by atoms with Crippen LogP contribution in [0.5, 0.6) is 0 Å². The molecule has 150 valence electrons. The summed E-state index contributed by atoms with van der Waals surface area (Å²) in [6, 6.07) is 8.90. The van der Waals surface area contributed by atoms with Crippen LogP contribution >= 0.6 is 24.0 Å². The molecular weight excluding hydrogens is 399 g/mol. The molecule has 2 aromatic rings. The van der Waals surface area contributed by atoms with Gasteiger partial charge in [0.1, 0.15) is 0 Å². The molecule has 1 aromatic heterocycles. The average Bonchev–Trinajstić information content (AvgIpc) is 2.69. The number of carbonyl (C=O) groups excluding carboxylic acids is 2. The van der Waals surface area contributed by atoms with E-state index in [0.717, 1.165) is 12.1 Å². The molecule has 0 aliphatic carbocycles. The number of hydrogen-bond acceptors (Lipinski definition) is 4. The largest absolute Gasteiger partial charge is 0.366 e. The van der Waals surface area contributed by atoms with E-state index in [1.807, 2.05) is 24.0 Å². The molecule has 0 unspecified atom stereocenters. The van der Waals surface area contributed by atoms with Crippen LogP contribution in [0.2, 0.25) is 5.02 Å². The number of pyridine rings is 1. The zero-order chi connectivity index (χ0) is 19.2. The molecule has 1 saturated heterocycles. The quantitative estimate of drug-likeness (QED) is 0.794. The number of anilines is 2. The van der Waals surface area contributed by atoms with Crippen molar-refractivity contribution in [2.45, 2.75) is 19.8 Å². The number of benzene rings is 1. The fourth-order valence-corrected chi connectivity index (χ4v) is 3.32. The topological polar surface area (TPSA) is 65.5 Å². The second-order valence-electron chi connectivity index (χ2n) is 6.48. The van der Waals surface area contributed by atoms with Gasteiger partial charge >= 0.3 is 0 Å². The van der Waals surface area contributed by atoms with E-state index in [9.17, 15) is 9.59 Å². The van der Waals surface area contributed by atoms with Crippen molar-refractivity contribution in [3.63, 3.8) is 0 Å². The highest BCUT2D eigenvalue weighted by molar-refractivity contribution is 6.31. The molecule has 6 nitrogen and oxygen atoms in total. The molecule has 2 amide bonds. The Bertz CT molecular complexity index is 809. The molecule has 8 heteroatoms. The van der Waals surface area contributed by atoms with Gasteiger partial charge in [0.2, 0.25) is 5.91 Å². The van der Waals surface area contributed by atoms with E-state index in [1.165, 1.54) is 6.20 Å². The van der Waals surface area contributed by atoms with Crippen molar-refractivity contribution in [1.29, 1.82) is 0 Å². The molecule has 0 atom stereocenters. The van der Waals surface area contributed by atoms with Gasteiger partial charge in [-0.3, -0.25) is 14.6 Å². The van der Waals surface area contributed by atoms with Crippen LogP contribution in [0.1, 0.15) is 30.1 Å². The molecule has 2 heterocycles. The molecule has 3 rings (SSSR count). The second kappa shape index (κ2) is 10.3. The zero-order valence-corrected chi connectivity index (χ0v) is 17.3. The first-order valence-electron chi connectivity index (χ1n) is 9.12. The molecular formula is C20H24Cl2N4O2. The Labute approximate surface area is 176 Å². The van der Waals surface area contributed by atoms with Crippen molar-refractivity contribution in [2.24, 2.45) is 0 Å². The first-order valence-corrected chi connectivity index (χ1v) is 9.50. The molecule has 1 aromatic carbocycles. The van der Waals surface area contributed by atoms with E-state index < -0.39 is 0 Å². The number of piperazine rings is 1. The van der Waals surface area contributed by atoms with Gasteiger partial charge in [-0.15, -0.1) is 12.4 Å². The van der Waals surface area contributed by atoms with Crippen molar-refractivity contribution in [2.75, 3.05) is 36.4 Å². The number of amides is 2. The lowest BCUT2D eigenvalue weighted by atomic mass is 10.2. The standard InChI is InChI=1S/C20H23ClN4O2.ClH/c1-2-4-19(26)25-11-9-24(10-12-25)18-7-6-16(21)13-17(18)23-20(27)15-5-3-8-22-14-15;/h3,5-8,13-14H,2,4,9-12H2,1H3,(H,23,27);1H. The minimum Gasteiger partial charge on any atom is -0.366 e. The number of aromatic nitrogens is 1. The van der Waals surface area contributed by atoms with Crippen LogP contribution in [-0.4, -0.2) is 47.9 Å². The summed E-state index contributed by atoms with van der Waals surface area (Å²) in [4.78, 5) is 32.7. The molecule has 0 radical (unpaired) electrons. The lowest BCUT2D eigenvalue weighted by Gasteiger charge is -2.37. The first-order chi connectivity index (χ1) is 13.1. The lowest BCUT2D eigenvalue weighted by molar-refractivity contribution is -0.131. The maximum Gasteiger partial charge on any atom is 0.257 e. The second-order valence-corrected chi connectivity index (χ2v) is 6.91. The number of carbonyl (C=O) groups is 2. The van der Waals surface area contributed by atoms with Gasteiger partial charge in [-0.1, -0.05) is 18.5 Å². The highest BCUT2D eigenvalue weighted by Gasteiger charge is 2.23. The van der Waals surface area contributed by atoms with Crippen molar-refractivity contribution in [1.82, 2.24) is 9.88 Å². The van der Waals surface area contributed by atoms with Gasteiger partial charge in [0.25, 0.3) is 5.91 Å². The maximum atomic E-state index is 12.5. The van der Waals surface area contributed by atoms with E-state index in [1.54, 1.807) is 24.4 Å².